The summed E-state index contributed by atoms with van der Waals surface area (Å²) in [5.41, 5.74) is 3.11. The first kappa shape index (κ1) is 21.8. The van der Waals surface area contributed by atoms with Crippen molar-refractivity contribution in [3.8, 4) is 0 Å². The Morgan fingerprint density at radius 1 is 0.968 bits per heavy atom. The molecule has 0 saturated heterocycles. The molecule has 1 N–H and O–H groups in total. The zero-order valence-electron chi connectivity index (χ0n) is 16.7. The molecule has 1 atom stereocenters. The monoisotopic (exact) mass is 474 g/mol. The number of hydrogen-bond donors (Lipinski definition) is 1. The van der Waals surface area contributed by atoms with Crippen molar-refractivity contribution in [2.45, 2.75) is 30.8 Å². The van der Waals surface area contributed by atoms with E-state index in [1.54, 1.807) is 42.5 Å². The highest BCUT2D eigenvalue weighted by Crippen LogP contribution is 2.32. The third kappa shape index (κ3) is 4.34. The number of nitrogens with zero attached hydrogens (tertiary/aromatic N) is 1. The van der Waals surface area contributed by atoms with Crippen LogP contribution in [-0.2, 0) is 27.8 Å². The molecule has 4 rings (SSSR count). The first-order valence-corrected chi connectivity index (χ1v) is 11.9. The maximum absolute atomic E-state index is 13.5. The molecule has 0 fully saturated rings. The predicted molar refractivity (Wildman–Crippen MR) is 123 cm³/mol. The van der Waals surface area contributed by atoms with E-state index in [4.69, 9.17) is 23.2 Å². The summed E-state index contributed by atoms with van der Waals surface area (Å²) in [5.74, 6) is -0.464. The molecule has 0 saturated carbocycles. The van der Waals surface area contributed by atoms with E-state index in [-0.39, 0.29) is 22.9 Å². The van der Waals surface area contributed by atoms with Crippen molar-refractivity contribution >= 4 is 44.8 Å². The molecule has 160 valence electrons. The number of aryl methyl sites for hydroxylation is 1. The second kappa shape index (κ2) is 8.63. The van der Waals surface area contributed by atoms with Gasteiger partial charge in [-0.05, 0) is 48.7 Å². The van der Waals surface area contributed by atoms with Crippen LogP contribution in [0.1, 0.15) is 16.7 Å². The molecule has 1 amide bonds. The summed E-state index contributed by atoms with van der Waals surface area (Å²) in [6.45, 7) is 1.99. The average molecular weight is 475 g/mol. The van der Waals surface area contributed by atoms with E-state index in [1.165, 1.54) is 4.31 Å². The second-order valence-corrected chi connectivity index (χ2v) is 10.1. The highest BCUT2D eigenvalue weighted by molar-refractivity contribution is 7.89. The lowest BCUT2D eigenvalue weighted by molar-refractivity contribution is -0.120. The van der Waals surface area contributed by atoms with Gasteiger partial charge in [0.05, 0.1) is 20.6 Å². The lowest BCUT2D eigenvalue weighted by Crippen LogP contribution is -2.50. The van der Waals surface area contributed by atoms with Gasteiger partial charge in [0.15, 0.2) is 0 Å². The van der Waals surface area contributed by atoms with Crippen molar-refractivity contribution < 1.29 is 13.2 Å². The minimum atomic E-state index is -3.91. The highest BCUT2D eigenvalue weighted by atomic mass is 35.5. The lowest BCUT2D eigenvalue weighted by atomic mass is 9.95. The van der Waals surface area contributed by atoms with E-state index in [2.05, 4.69) is 5.32 Å². The first-order valence-electron chi connectivity index (χ1n) is 9.67. The van der Waals surface area contributed by atoms with E-state index in [0.717, 1.165) is 16.7 Å². The Morgan fingerprint density at radius 3 is 2.35 bits per heavy atom. The fourth-order valence-corrected chi connectivity index (χ4v) is 5.55. The summed E-state index contributed by atoms with van der Waals surface area (Å²) in [7, 11) is -3.91. The molecule has 0 aromatic heterocycles. The number of benzene rings is 3. The number of hydrogen-bond acceptors (Lipinski definition) is 3. The van der Waals surface area contributed by atoms with Gasteiger partial charge in [0.2, 0.25) is 15.9 Å². The molecule has 0 unspecified atom stereocenters. The van der Waals surface area contributed by atoms with Crippen LogP contribution in [0.4, 0.5) is 5.69 Å². The van der Waals surface area contributed by atoms with Gasteiger partial charge in [0.25, 0.3) is 0 Å². The fraction of sp³-hybridized carbons (Fsp3) is 0.174. The van der Waals surface area contributed by atoms with Crippen molar-refractivity contribution in [1.82, 2.24) is 4.31 Å². The normalized spacial score (nSPS) is 16.5. The zero-order valence-corrected chi connectivity index (χ0v) is 19.0. The second-order valence-electron chi connectivity index (χ2n) is 7.44. The molecule has 8 heteroatoms. The largest absolute Gasteiger partial charge is 0.323 e. The third-order valence-corrected chi connectivity index (χ3v) is 8.03. The van der Waals surface area contributed by atoms with E-state index in [9.17, 15) is 13.2 Å². The molecular weight excluding hydrogens is 455 g/mol. The van der Waals surface area contributed by atoms with Gasteiger partial charge in [-0.2, -0.15) is 4.31 Å². The molecule has 0 aliphatic carbocycles. The van der Waals surface area contributed by atoms with Gasteiger partial charge in [0.1, 0.15) is 6.04 Å². The smallest absolute Gasteiger partial charge is 0.244 e. The number of fused-ring (bicyclic) bond motifs is 1. The molecule has 0 radical (unpaired) electrons. The number of anilines is 1. The molecule has 5 nitrogen and oxygen atoms in total. The average Bonchev–Trinajstić information content (AvgIpc) is 2.76. The number of rotatable bonds is 4. The van der Waals surface area contributed by atoms with Crippen molar-refractivity contribution in [2.24, 2.45) is 0 Å². The summed E-state index contributed by atoms with van der Waals surface area (Å²) in [4.78, 5) is 13.4. The Labute approximate surface area is 191 Å². The Hall–Kier alpha value is -2.38. The summed E-state index contributed by atoms with van der Waals surface area (Å²) in [6.07, 6.45) is 0.255. The first-order chi connectivity index (χ1) is 14.8. The van der Waals surface area contributed by atoms with Crippen LogP contribution in [0.2, 0.25) is 10.0 Å². The molecule has 1 aliphatic heterocycles. The van der Waals surface area contributed by atoms with Crippen LogP contribution in [0.3, 0.4) is 0 Å². The van der Waals surface area contributed by atoms with Gasteiger partial charge in [-0.15, -0.1) is 0 Å². The predicted octanol–water partition coefficient (Wildman–Crippen LogP) is 5.06. The van der Waals surface area contributed by atoms with E-state index >= 15 is 0 Å². The number of nitrogens with one attached hydrogen (secondary N) is 1. The van der Waals surface area contributed by atoms with Crippen molar-refractivity contribution in [3.05, 3.63) is 93.5 Å². The molecule has 0 spiro atoms. The maximum Gasteiger partial charge on any atom is 0.244 e. The van der Waals surface area contributed by atoms with Crippen LogP contribution in [0.15, 0.2) is 71.6 Å². The van der Waals surface area contributed by atoms with Crippen LogP contribution >= 0.6 is 23.2 Å². The van der Waals surface area contributed by atoms with Crippen LogP contribution in [-0.4, -0.2) is 24.7 Å². The van der Waals surface area contributed by atoms with Gasteiger partial charge >= 0.3 is 0 Å². The highest BCUT2D eigenvalue weighted by Gasteiger charge is 2.39. The number of halogens is 2. The Kier molecular flexibility index (Phi) is 6.08. The summed E-state index contributed by atoms with van der Waals surface area (Å²) < 4.78 is 28.2. The fourth-order valence-electron chi connectivity index (χ4n) is 3.64. The summed E-state index contributed by atoms with van der Waals surface area (Å²) >= 11 is 12.3. The van der Waals surface area contributed by atoms with Crippen molar-refractivity contribution in [1.29, 1.82) is 0 Å². The molecule has 3 aromatic rings. The van der Waals surface area contributed by atoms with Gasteiger partial charge in [-0.3, -0.25) is 4.79 Å². The number of amides is 1. The molecular formula is C23H20Cl2N2O3S. The van der Waals surface area contributed by atoms with E-state index in [0.29, 0.717) is 10.7 Å². The SMILES string of the molecule is Cc1ccc(S(=O)(=O)N2Cc3ccccc3C[C@@H]2C(=O)Nc2cccc(Cl)c2Cl)cc1. The summed E-state index contributed by atoms with van der Waals surface area (Å²) in [6, 6.07) is 18.1. The quantitative estimate of drug-likeness (QED) is 0.574. The van der Waals surface area contributed by atoms with Gasteiger partial charge in [0, 0.05) is 6.54 Å². The van der Waals surface area contributed by atoms with Crippen LogP contribution in [0.25, 0.3) is 0 Å². The Morgan fingerprint density at radius 2 is 1.65 bits per heavy atom. The molecule has 1 heterocycles. The van der Waals surface area contributed by atoms with E-state index in [1.807, 2.05) is 31.2 Å². The minimum absolute atomic E-state index is 0.105. The van der Waals surface area contributed by atoms with E-state index < -0.39 is 22.0 Å². The number of sulfonamides is 1. The van der Waals surface area contributed by atoms with Gasteiger partial charge in [-0.25, -0.2) is 8.42 Å². The Bertz CT molecular complexity index is 1240. The van der Waals surface area contributed by atoms with Crippen LogP contribution < -0.4 is 5.32 Å². The molecule has 31 heavy (non-hydrogen) atoms. The topological polar surface area (TPSA) is 66.5 Å². The molecule has 3 aromatic carbocycles. The van der Waals surface area contributed by atoms with Crippen LogP contribution in [0, 0.1) is 6.92 Å². The number of carbonyl (C=O) groups is 1. The zero-order chi connectivity index (χ0) is 22.2. The maximum atomic E-state index is 13.5. The van der Waals surface area contributed by atoms with Gasteiger partial charge < -0.3 is 5.32 Å². The Balaban J connectivity index is 1.73. The summed E-state index contributed by atoms with van der Waals surface area (Å²) in [5, 5.41) is 3.27. The van der Waals surface area contributed by atoms with Crippen molar-refractivity contribution in [2.75, 3.05) is 5.32 Å². The minimum Gasteiger partial charge on any atom is -0.323 e. The van der Waals surface area contributed by atoms with Gasteiger partial charge in [-0.1, -0.05) is 71.2 Å². The van der Waals surface area contributed by atoms with Crippen molar-refractivity contribution in [3.63, 3.8) is 0 Å². The van der Waals surface area contributed by atoms with Crippen LogP contribution in [0.5, 0.6) is 0 Å². The standard InChI is InChI=1S/C23H20Cl2N2O3S/c1-15-9-11-18(12-10-15)31(29,30)27-14-17-6-3-2-5-16(17)13-21(27)23(28)26-20-8-4-7-19(24)22(20)25/h2-12,21H,13-14H2,1H3,(H,26,28)/t21-/m1/s1. The lowest BCUT2D eigenvalue weighted by Gasteiger charge is -2.35. The number of carbonyl (C=O) groups excluding carboxylic acids is 1. The third-order valence-electron chi connectivity index (χ3n) is 5.35. The molecule has 1 aliphatic rings. The molecule has 0 bridgehead atoms.